The van der Waals surface area contributed by atoms with Gasteiger partial charge in [-0.05, 0) is 36.6 Å². The first-order valence-electron chi connectivity index (χ1n) is 6.37. The highest BCUT2D eigenvalue weighted by atomic mass is 32.1. The van der Waals surface area contributed by atoms with Gasteiger partial charge >= 0.3 is 6.18 Å². The average Bonchev–Trinajstić information content (AvgIpc) is 2.82. The summed E-state index contributed by atoms with van der Waals surface area (Å²) < 4.78 is 37.3. The number of halogens is 3. The number of aliphatic hydroxyl groups is 1. The molecule has 2 heterocycles. The van der Waals surface area contributed by atoms with Crippen LogP contribution >= 0.6 is 11.3 Å². The van der Waals surface area contributed by atoms with Gasteiger partial charge in [0.25, 0.3) is 5.91 Å². The Morgan fingerprint density at radius 2 is 2.00 bits per heavy atom. The molecule has 20 heavy (non-hydrogen) atoms. The topological polar surface area (TPSA) is 40.5 Å². The maximum atomic E-state index is 12.4. The first-order valence-corrected chi connectivity index (χ1v) is 7.32. The molecule has 0 spiro atoms. The van der Waals surface area contributed by atoms with E-state index in [1.54, 1.807) is 10.3 Å². The first kappa shape index (κ1) is 15.3. The van der Waals surface area contributed by atoms with Gasteiger partial charge in [-0.1, -0.05) is 0 Å². The summed E-state index contributed by atoms with van der Waals surface area (Å²) in [5.74, 6) is -0.952. The number of hydrogen-bond acceptors (Lipinski definition) is 3. The van der Waals surface area contributed by atoms with Gasteiger partial charge in [-0.3, -0.25) is 4.79 Å². The van der Waals surface area contributed by atoms with Gasteiger partial charge in [0, 0.05) is 18.5 Å². The van der Waals surface area contributed by atoms with E-state index in [1.165, 1.54) is 11.3 Å². The highest BCUT2D eigenvalue weighted by Gasteiger charge is 2.44. The van der Waals surface area contributed by atoms with E-state index in [9.17, 15) is 23.1 Å². The Hall–Kier alpha value is -1.08. The number of rotatable bonds is 2. The second kappa shape index (κ2) is 5.73. The SMILES string of the molecule is Cc1cscc1C(=O)N1CCC(C(O)C(F)(F)F)CC1. The number of carbonyl (C=O) groups is 1. The zero-order chi connectivity index (χ0) is 14.9. The summed E-state index contributed by atoms with van der Waals surface area (Å²) in [7, 11) is 0. The standard InChI is InChI=1S/C13H16F3NO2S/c1-8-6-20-7-10(8)12(19)17-4-2-9(3-5-17)11(18)13(14,15)16/h6-7,9,11,18H,2-5H2,1H3. The smallest absolute Gasteiger partial charge is 0.383 e. The van der Waals surface area contributed by atoms with Crippen LogP contribution in [0.5, 0.6) is 0 Å². The maximum absolute atomic E-state index is 12.4. The monoisotopic (exact) mass is 307 g/mol. The summed E-state index contributed by atoms with van der Waals surface area (Å²) in [5.41, 5.74) is 1.50. The Morgan fingerprint density at radius 3 is 2.45 bits per heavy atom. The Kier molecular flexibility index (Phi) is 4.39. The summed E-state index contributed by atoms with van der Waals surface area (Å²) in [4.78, 5) is 13.8. The highest BCUT2D eigenvalue weighted by Crippen LogP contribution is 2.32. The minimum absolute atomic E-state index is 0.135. The minimum atomic E-state index is -4.58. The lowest BCUT2D eigenvalue weighted by Crippen LogP contribution is -2.45. The van der Waals surface area contributed by atoms with E-state index in [0.29, 0.717) is 5.56 Å². The van der Waals surface area contributed by atoms with Gasteiger partial charge < -0.3 is 10.0 Å². The van der Waals surface area contributed by atoms with Crippen molar-refractivity contribution in [3.8, 4) is 0 Å². The fourth-order valence-corrected chi connectivity index (χ4v) is 3.26. The van der Waals surface area contributed by atoms with Crippen LogP contribution in [-0.4, -0.2) is 41.3 Å². The molecule has 3 nitrogen and oxygen atoms in total. The van der Waals surface area contributed by atoms with Crippen molar-refractivity contribution in [1.29, 1.82) is 0 Å². The fraction of sp³-hybridized carbons (Fsp3) is 0.615. The molecule has 1 unspecified atom stereocenters. The molecule has 1 aliphatic rings. The van der Waals surface area contributed by atoms with Crippen molar-refractivity contribution < 1.29 is 23.1 Å². The summed E-state index contributed by atoms with van der Waals surface area (Å²) in [6, 6.07) is 0. The van der Waals surface area contributed by atoms with E-state index >= 15 is 0 Å². The van der Waals surface area contributed by atoms with E-state index in [4.69, 9.17) is 0 Å². The molecule has 1 atom stereocenters. The highest BCUT2D eigenvalue weighted by molar-refractivity contribution is 7.08. The lowest BCUT2D eigenvalue weighted by atomic mass is 9.90. The molecule has 2 rings (SSSR count). The molecule has 0 bridgehead atoms. The van der Waals surface area contributed by atoms with E-state index in [2.05, 4.69) is 0 Å². The van der Waals surface area contributed by atoms with Crippen LogP contribution < -0.4 is 0 Å². The second-order valence-electron chi connectivity index (χ2n) is 5.08. The average molecular weight is 307 g/mol. The zero-order valence-corrected chi connectivity index (χ0v) is 11.8. The van der Waals surface area contributed by atoms with Crippen LogP contribution in [0.2, 0.25) is 0 Å². The van der Waals surface area contributed by atoms with Gasteiger partial charge in [-0.25, -0.2) is 0 Å². The quantitative estimate of drug-likeness (QED) is 0.913. The van der Waals surface area contributed by atoms with Crippen LogP contribution in [0.1, 0.15) is 28.8 Å². The molecule has 1 aromatic rings. The Balaban J connectivity index is 1.95. The molecule has 1 amide bonds. The van der Waals surface area contributed by atoms with Crippen LogP contribution in [0.4, 0.5) is 13.2 Å². The molecule has 1 aliphatic heterocycles. The molecule has 1 fully saturated rings. The van der Waals surface area contributed by atoms with E-state index in [0.717, 1.165) is 5.56 Å². The Labute approximate surface area is 119 Å². The Bertz CT molecular complexity index is 478. The fourth-order valence-electron chi connectivity index (χ4n) is 2.44. The van der Waals surface area contributed by atoms with Crippen LogP contribution in [0.15, 0.2) is 10.8 Å². The molecule has 112 valence electrons. The summed E-state index contributed by atoms with van der Waals surface area (Å²) >= 11 is 1.43. The van der Waals surface area contributed by atoms with Gasteiger partial charge in [0.15, 0.2) is 6.10 Å². The minimum Gasteiger partial charge on any atom is -0.383 e. The van der Waals surface area contributed by atoms with Crippen molar-refractivity contribution in [3.63, 3.8) is 0 Å². The zero-order valence-electron chi connectivity index (χ0n) is 11.0. The molecule has 1 aromatic heterocycles. The third-order valence-electron chi connectivity index (χ3n) is 3.69. The van der Waals surface area contributed by atoms with E-state index in [1.807, 2.05) is 12.3 Å². The first-order chi connectivity index (χ1) is 9.30. The predicted octanol–water partition coefficient (Wildman–Crippen LogP) is 2.83. The van der Waals surface area contributed by atoms with Crippen molar-refractivity contribution in [2.24, 2.45) is 5.92 Å². The number of hydrogen-bond donors (Lipinski definition) is 1. The van der Waals surface area contributed by atoms with Crippen LogP contribution in [0, 0.1) is 12.8 Å². The van der Waals surface area contributed by atoms with Crippen molar-refractivity contribution >= 4 is 17.2 Å². The number of nitrogens with zero attached hydrogens (tertiary/aromatic N) is 1. The van der Waals surface area contributed by atoms with E-state index < -0.39 is 18.2 Å². The number of aryl methyl sites for hydroxylation is 1. The number of alkyl halides is 3. The lowest BCUT2D eigenvalue weighted by molar-refractivity contribution is -0.222. The predicted molar refractivity (Wildman–Crippen MR) is 69.7 cm³/mol. The van der Waals surface area contributed by atoms with Gasteiger partial charge in [0.05, 0.1) is 5.56 Å². The number of thiophene rings is 1. The van der Waals surface area contributed by atoms with Gasteiger partial charge in [-0.2, -0.15) is 24.5 Å². The molecule has 0 aromatic carbocycles. The Morgan fingerprint density at radius 1 is 1.40 bits per heavy atom. The largest absolute Gasteiger partial charge is 0.414 e. The normalized spacial score (nSPS) is 19.1. The van der Waals surface area contributed by atoms with Gasteiger partial charge in [0.1, 0.15) is 0 Å². The van der Waals surface area contributed by atoms with Crippen LogP contribution in [-0.2, 0) is 0 Å². The third kappa shape index (κ3) is 3.15. The summed E-state index contributed by atoms with van der Waals surface area (Å²) in [6.45, 7) is 2.35. The molecular formula is C13H16F3NO2S. The molecular weight excluding hydrogens is 291 g/mol. The number of amides is 1. The molecule has 7 heteroatoms. The maximum Gasteiger partial charge on any atom is 0.414 e. The molecule has 0 radical (unpaired) electrons. The molecule has 0 saturated carbocycles. The number of piperidine rings is 1. The van der Waals surface area contributed by atoms with Crippen LogP contribution in [0.3, 0.4) is 0 Å². The molecule has 0 aliphatic carbocycles. The number of aliphatic hydroxyl groups excluding tert-OH is 1. The summed E-state index contributed by atoms with van der Waals surface area (Å²) in [6.07, 6.45) is -6.52. The van der Waals surface area contributed by atoms with E-state index in [-0.39, 0.29) is 31.8 Å². The van der Waals surface area contributed by atoms with Crippen molar-refractivity contribution in [1.82, 2.24) is 4.90 Å². The lowest BCUT2D eigenvalue weighted by Gasteiger charge is -2.34. The van der Waals surface area contributed by atoms with Crippen LogP contribution in [0.25, 0.3) is 0 Å². The van der Waals surface area contributed by atoms with Gasteiger partial charge in [-0.15, -0.1) is 0 Å². The van der Waals surface area contributed by atoms with Crippen molar-refractivity contribution in [2.45, 2.75) is 32.0 Å². The second-order valence-corrected chi connectivity index (χ2v) is 5.83. The van der Waals surface area contributed by atoms with Crippen molar-refractivity contribution in [2.75, 3.05) is 13.1 Å². The third-order valence-corrected chi connectivity index (χ3v) is 4.56. The van der Waals surface area contributed by atoms with Crippen molar-refractivity contribution in [3.05, 3.63) is 21.9 Å². The molecule has 1 N–H and O–H groups in total. The van der Waals surface area contributed by atoms with Gasteiger partial charge in [0.2, 0.25) is 0 Å². The number of likely N-dealkylation sites (tertiary alicyclic amines) is 1. The molecule has 1 saturated heterocycles. The summed E-state index contributed by atoms with van der Waals surface area (Å²) in [5, 5.41) is 12.9. The number of carbonyl (C=O) groups excluding carboxylic acids is 1.